The van der Waals surface area contributed by atoms with Crippen LogP contribution in [0.4, 0.5) is 0 Å². The molecule has 0 saturated heterocycles. The van der Waals surface area contributed by atoms with E-state index in [2.05, 4.69) is 40.6 Å². The second-order valence-electron chi connectivity index (χ2n) is 4.89. The van der Waals surface area contributed by atoms with E-state index in [0.29, 0.717) is 12.6 Å². The van der Waals surface area contributed by atoms with Gasteiger partial charge in [-0.3, -0.25) is 4.98 Å². The largest absolute Gasteiger partial charge is 0.374 e. The molecule has 1 aromatic heterocycles. The van der Waals surface area contributed by atoms with Crippen LogP contribution in [0.25, 0.3) is 0 Å². The normalized spacial score (nSPS) is 19.3. The van der Waals surface area contributed by atoms with Crippen molar-refractivity contribution in [3.63, 3.8) is 0 Å². The maximum absolute atomic E-state index is 5.76. The Bertz CT molecular complexity index is 527. The Balaban J connectivity index is 1.67. The van der Waals surface area contributed by atoms with Crippen LogP contribution in [0, 0.1) is 0 Å². The van der Waals surface area contributed by atoms with E-state index in [9.17, 15) is 0 Å². The summed E-state index contributed by atoms with van der Waals surface area (Å²) in [5.74, 6) is 0. The summed E-state index contributed by atoms with van der Waals surface area (Å²) >= 11 is 0. The summed E-state index contributed by atoms with van der Waals surface area (Å²) in [4.78, 5) is 4.36. The molecule has 2 heterocycles. The number of aromatic nitrogens is 1. The molecule has 0 saturated carbocycles. The minimum Gasteiger partial charge on any atom is -0.374 e. The highest BCUT2D eigenvalue weighted by Gasteiger charge is 2.14. The van der Waals surface area contributed by atoms with Gasteiger partial charge in [0.05, 0.1) is 18.9 Å². The quantitative estimate of drug-likeness (QED) is 0.893. The highest BCUT2D eigenvalue weighted by atomic mass is 16.5. The number of fused-ring (bicyclic) bond motifs is 1. The van der Waals surface area contributed by atoms with Crippen LogP contribution in [0.1, 0.15) is 16.8 Å². The van der Waals surface area contributed by atoms with Gasteiger partial charge in [-0.15, -0.1) is 0 Å². The van der Waals surface area contributed by atoms with Crippen molar-refractivity contribution in [2.75, 3.05) is 6.61 Å². The molecule has 3 nitrogen and oxygen atoms in total. The summed E-state index contributed by atoms with van der Waals surface area (Å²) in [7, 11) is 0. The first-order valence-corrected chi connectivity index (χ1v) is 6.69. The van der Waals surface area contributed by atoms with Gasteiger partial charge in [-0.1, -0.05) is 36.4 Å². The Morgan fingerprint density at radius 3 is 2.95 bits per heavy atom. The Hall–Kier alpha value is -1.71. The van der Waals surface area contributed by atoms with Gasteiger partial charge in [-0.2, -0.15) is 0 Å². The fourth-order valence-corrected chi connectivity index (χ4v) is 2.40. The number of nitrogens with one attached hydrogen (secondary N) is 1. The molecular formula is C16H18N2O. The lowest BCUT2D eigenvalue weighted by molar-refractivity contribution is 0.0901. The van der Waals surface area contributed by atoms with Crippen molar-refractivity contribution < 1.29 is 4.74 Å². The van der Waals surface area contributed by atoms with Crippen LogP contribution in [-0.4, -0.2) is 17.6 Å². The minimum atomic E-state index is 0.357. The maximum atomic E-state index is 5.76. The number of hydrogen-bond donors (Lipinski definition) is 1. The van der Waals surface area contributed by atoms with Gasteiger partial charge in [0.25, 0.3) is 0 Å². The highest BCUT2D eigenvalue weighted by Crippen LogP contribution is 2.12. The number of rotatable bonds is 2. The van der Waals surface area contributed by atoms with Gasteiger partial charge in [0.1, 0.15) is 0 Å². The number of benzene rings is 1. The molecular weight excluding hydrogens is 236 g/mol. The van der Waals surface area contributed by atoms with Gasteiger partial charge < -0.3 is 10.1 Å². The molecule has 0 spiro atoms. The Labute approximate surface area is 113 Å². The van der Waals surface area contributed by atoms with Crippen molar-refractivity contribution >= 4 is 0 Å². The van der Waals surface area contributed by atoms with Gasteiger partial charge in [-0.05, 0) is 23.6 Å². The van der Waals surface area contributed by atoms with Crippen molar-refractivity contribution in [3.05, 3.63) is 65.5 Å². The molecule has 3 heteroatoms. The zero-order valence-electron chi connectivity index (χ0n) is 10.9. The lowest BCUT2D eigenvalue weighted by atomic mass is 10.1. The highest BCUT2D eigenvalue weighted by molar-refractivity contribution is 5.20. The van der Waals surface area contributed by atoms with Gasteiger partial charge in [0.2, 0.25) is 0 Å². The first-order valence-electron chi connectivity index (χ1n) is 6.69. The summed E-state index contributed by atoms with van der Waals surface area (Å²) in [6.07, 6.45) is 2.82. The maximum Gasteiger partial charge on any atom is 0.0891 e. The summed E-state index contributed by atoms with van der Waals surface area (Å²) in [5, 5.41) is 3.56. The first kappa shape index (κ1) is 12.3. The van der Waals surface area contributed by atoms with Crippen molar-refractivity contribution in [2.45, 2.75) is 25.6 Å². The van der Waals surface area contributed by atoms with Gasteiger partial charge in [0.15, 0.2) is 0 Å². The van der Waals surface area contributed by atoms with Crippen LogP contribution >= 0.6 is 0 Å². The fraction of sp³-hybridized carbons (Fsp3) is 0.312. The standard InChI is InChI=1S/C16H18N2O/c1-2-5-13(6-3-1)9-15-11-19-12-16-14(10-18-15)7-4-8-17-16/h1-8,15,18H,9-12H2/t15-/m1/s1. The molecule has 0 fully saturated rings. The predicted octanol–water partition coefficient (Wildman–Crippen LogP) is 2.31. The SMILES string of the molecule is c1ccc(C[C@@H]2COCc3ncccc3CN2)cc1. The number of pyridine rings is 1. The molecule has 0 radical (unpaired) electrons. The zero-order valence-corrected chi connectivity index (χ0v) is 10.9. The molecule has 0 unspecified atom stereocenters. The van der Waals surface area contributed by atoms with Crippen molar-refractivity contribution in [1.29, 1.82) is 0 Å². The Kier molecular flexibility index (Phi) is 3.86. The average Bonchev–Trinajstić information content (AvgIpc) is 2.44. The second-order valence-corrected chi connectivity index (χ2v) is 4.89. The summed E-state index contributed by atoms with van der Waals surface area (Å²) in [6.45, 7) is 2.21. The lowest BCUT2D eigenvalue weighted by Crippen LogP contribution is -2.37. The summed E-state index contributed by atoms with van der Waals surface area (Å²) < 4.78 is 5.76. The van der Waals surface area contributed by atoms with Crippen LogP contribution in [0.15, 0.2) is 48.7 Å². The van der Waals surface area contributed by atoms with E-state index in [-0.39, 0.29) is 0 Å². The summed E-state index contributed by atoms with van der Waals surface area (Å²) in [5.41, 5.74) is 3.63. The molecule has 1 aliphatic rings. The molecule has 1 atom stereocenters. The van der Waals surface area contributed by atoms with E-state index in [1.807, 2.05) is 18.3 Å². The molecule has 2 aromatic rings. The van der Waals surface area contributed by atoms with Crippen LogP contribution in [0.3, 0.4) is 0 Å². The third-order valence-corrected chi connectivity index (χ3v) is 3.45. The number of nitrogens with zero attached hydrogens (tertiary/aromatic N) is 1. The van der Waals surface area contributed by atoms with Crippen LogP contribution in [0.5, 0.6) is 0 Å². The number of ether oxygens (including phenoxy) is 1. The van der Waals surface area contributed by atoms with Crippen molar-refractivity contribution in [1.82, 2.24) is 10.3 Å². The van der Waals surface area contributed by atoms with Crippen molar-refractivity contribution in [3.8, 4) is 0 Å². The van der Waals surface area contributed by atoms with E-state index >= 15 is 0 Å². The molecule has 19 heavy (non-hydrogen) atoms. The first-order chi connectivity index (χ1) is 9.42. The van der Waals surface area contributed by atoms with Gasteiger partial charge in [0, 0.05) is 18.8 Å². The monoisotopic (exact) mass is 254 g/mol. The third kappa shape index (κ3) is 3.19. The Morgan fingerprint density at radius 2 is 2.05 bits per heavy atom. The van der Waals surface area contributed by atoms with E-state index < -0.39 is 0 Å². The van der Waals surface area contributed by atoms with E-state index in [0.717, 1.165) is 25.3 Å². The smallest absolute Gasteiger partial charge is 0.0891 e. The van der Waals surface area contributed by atoms with Crippen LogP contribution in [0.2, 0.25) is 0 Å². The number of hydrogen-bond acceptors (Lipinski definition) is 3. The predicted molar refractivity (Wildman–Crippen MR) is 74.7 cm³/mol. The van der Waals surface area contributed by atoms with E-state index in [4.69, 9.17) is 4.74 Å². The minimum absolute atomic E-state index is 0.357. The van der Waals surface area contributed by atoms with Gasteiger partial charge >= 0.3 is 0 Å². The molecule has 0 bridgehead atoms. The second kappa shape index (κ2) is 5.95. The third-order valence-electron chi connectivity index (χ3n) is 3.45. The van der Waals surface area contributed by atoms with Crippen molar-refractivity contribution in [2.24, 2.45) is 0 Å². The molecule has 1 aliphatic heterocycles. The van der Waals surface area contributed by atoms with E-state index in [1.54, 1.807) is 0 Å². The lowest BCUT2D eigenvalue weighted by Gasteiger charge is -2.23. The molecule has 0 amide bonds. The molecule has 98 valence electrons. The molecule has 1 N–H and O–H groups in total. The summed E-state index contributed by atoms with van der Waals surface area (Å²) in [6, 6.07) is 15.0. The van der Waals surface area contributed by atoms with Crippen LogP contribution in [-0.2, 0) is 24.3 Å². The molecule has 3 rings (SSSR count). The topological polar surface area (TPSA) is 34.1 Å². The van der Waals surface area contributed by atoms with Gasteiger partial charge in [-0.25, -0.2) is 0 Å². The Morgan fingerprint density at radius 1 is 1.16 bits per heavy atom. The van der Waals surface area contributed by atoms with Crippen LogP contribution < -0.4 is 5.32 Å². The zero-order chi connectivity index (χ0) is 12.9. The molecule has 0 aliphatic carbocycles. The molecule has 1 aromatic carbocycles. The fourth-order valence-electron chi connectivity index (χ4n) is 2.40. The van der Waals surface area contributed by atoms with E-state index in [1.165, 1.54) is 11.1 Å². The average molecular weight is 254 g/mol.